The first-order chi connectivity index (χ1) is 11.1. The summed E-state index contributed by atoms with van der Waals surface area (Å²) in [6.07, 6.45) is 1.48. The number of ether oxygens (including phenoxy) is 1. The summed E-state index contributed by atoms with van der Waals surface area (Å²) in [4.78, 5) is 16.4. The SMILES string of the molecule is CCN1C[C@H](CN(C)C(=O)c2occc2C)Oc2ccccc21. The molecular formula is C18H22N2O3. The second kappa shape index (κ2) is 6.36. The topological polar surface area (TPSA) is 45.9 Å². The lowest BCUT2D eigenvalue weighted by Gasteiger charge is -2.37. The number of carbonyl (C=O) groups is 1. The van der Waals surface area contributed by atoms with Crippen molar-refractivity contribution in [3.05, 3.63) is 47.9 Å². The van der Waals surface area contributed by atoms with Crippen molar-refractivity contribution in [3.8, 4) is 5.75 Å². The Labute approximate surface area is 136 Å². The van der Waals surface area contributed by atoms with Gasteiger partial charge >= 0.3 is 0 Å². The highest BCUT2D eigenvalue weighted by Gasteiger charge is 2.27. The van der Waals surface area contributed by atoms with Gasteiger partial charge in [0.05, 0.1) is 25.0 Å². The fourth-order valence-electron chi connectivity index (χ4n) is 2.93. The number of aryl methyl sites for hydroxylation is 1. The third-order valence-corrected chi connectivity index (χ3v) is 4.19. The monoisotopic (exact) mass is 314 g/mol. The second-order valence-corrected chi connectivity index (χ2v) is 5.86. The van der Waals surface area contributed by atoms with E-state index in [9.17, 15) is 4.79 Å². The quantitative estimate of drug-likeness (QED) is 0.870. The molecule has 0 saturated heterocycles. The van der Waals surface area contributed by atoms with Crippen LogP contribution in [0.25, 0.3) is 0 Å². The van der Waals surface area contributed by atoms with E-state index >= 15 is 0 Å². The van der Waals surface area contributed by atoms with Crippen molar-refractivity contribution in [2.75, 3.05) is 31.6 Å². The molecule has 1 amide bonds. The number of benzene rings is 1. The van der Waals surface area contributed by atoms with Gasteiger partial charge in [-0.1, -0.05) is 12.1 Å². The average Bonchev–Trinajstić information content (AvgIpc) is 2.99. The molecule has 2 heterocycles. The Bertz CT molecular complexity index is 695. The summed E-state index contributed by atoms with van der Waals surface area (Å²) >= 11 is 0. The van der Waals surface area contributed by atoms with E-state index in [1.165, 1.54) is 0 Å². The zero-order valence-electron chi connectivity index (χ0n) is 13.8. The van der Waals surface area contributed by atoms with Crippen molar-refractivity contribution in [2.24, 2.45) is 0 Å². The van der Waals surface area contributed by atoms with Gasteiger partial charge in [0.2, 0.25) is 0 Å². The molecule has 3 rings (SSSR count). The summed E-state index contributed by atoms with van der Waals surface area (Å²) in [5.74, 6) is 1.16. The van der Waals surface area contributed by atoms with E-state index in [-0.39, 0.29) is 12.0 Å². The van der Waals surface area contributed by atoms with E-state index in [0.29, 0.717) is 12.3 Å². The Morgan fingerprint density at radius 3 is 2.83 bits per heavy atom. The number of amides is 1. The third-order valence-electron chi connectivity index (χ3n) is 4.19. The van der Waals surface area contributed by atoms with Crippen LogP contribution in [0.4, 0.5) is 5.69 Å². The molecule has 0 aliphatic carbocycles. The van der Waals surface area contributed by atoms with Crippen LogP contribution in [0.3, 0.4) is 0 Å². The molecule has 0 unspecified atom stereocenters. The molecule has 23 heavy (non-hydrogen) atoms. The number of nitrogens with zero attached hydrogens (tertiary/aromatic N) is 2. The molecule has 0 fully saturated rings. The van der Waals surface area contributed by atoms with Gasteiger partial charge in [0.1, 0.15) is 11.9 Å². The van der Waals surface area contributed by atoms with Crippen LogP contribution in [0, 0.1) is 6.92 Å². The lowest BCUT2D eigenvalue weighted by atomic mass is 10.1. The smallest absolute Gasteiger partial charge is 0.289 e. The first-order valence-electron chi connectivity index (χ1n) is 7.90. The van der Waals surface area contributed by atoms with Crippen molar-refractivity contribution < 1.29 is 13.9 Å². The van der Waals surface area contributed by atoms with Gasteiger partial charge in [0.15, 0.2) is 5.76 Å². The van der Waals surface area contributed by atoms with Crippen LogP contribution in [-0.4, -0.2) is 43.6 Å². The molecule has 5 heteroatoms. The van der Waals surface area contributed by atoms with E-state index in [0.717, 1.165) is 30.1 Å². The molecule has 1 aromatic carbocycles. The van der Waals surface area contributed by atoms with Gasteiger partial charge in [-0.15, -0.1) is 0 Å². The Kier molecular flexibility index (Phi) is 4.28. The molecule has 2 aromatic rings. The summed E-state index contributed by atoms with van der Waals surface area (Å²) < 4.78 is 11.4. The molecule has 0 saturated carbocycles. The lowest BCUT2D eigenvalue weighted by Crippen LogP contribution is -2.46. The van der Waals surface area contributed by atoms with Crippen LogP contribution in [0.1, 0.15) is 23.0 Å². The number of anilines is 1. The minimum atomic E-state index is -0.113. The highest BCUT2D eigenvalue weighted by Crippen LogP contribution is 2.32. The summed E-state index contributed by atoms with van der Waals surface area (Å²) in [5, 5.41) is 0. The number of rotatable bonds is 4. The highest BCUT2D eigenvalue weighted by molar-refractivity contribution is 5.92. The van der Waals surface area contributed by atoms with Crippen LogP contribution in [-0.2, 0) is 0 Å². The zero-order chi connectivity index (χ0) is 16.4. The molecule has 122 valence electrons. The second-order valence-electron chi connectivity index (χ2n) is 5.86. The molecule has 5 nitrogen and oxygen atoms in total. The number of furan rings is 1. The van der Waals surface area contributed by atoms with Crippen molar-refractivity contribution in [1.29, 1.82) is 0 Å². The third kappa shape index (κ3) is 3.04. The maximum atomic E-state index is 12.5. The zero-order valence-corrected chi connectivity index (χ0v) is 13.8. The minimum Gasteiger partial charge on any atom is -0.485 e. The molecule has 1 atom stereocenters. The first kappa shape index (κ1) is 15.5. The number of para-hydroxylation sites is 2. The van der Waals surface area contributed by atoms with Gasteiger partial charge in [-0.05, 0) is 32.0 Å². The summed E-state index contributed by atoms with van der Waals surface area (Å²) in [5.41, 5.74) is 1.97. The average molecular weight is 314 g/mol. The van der Waals surface area contributed by atoms with Gasteiger partial charge in [-0.3, -0.25) is 4.79 Å². The lowest BCUT2D eigenvalue weighted by molar-refractivity contribution is 0.0678. The van der Waals surface area contributed by atoms with Crippen molar-refractivity contribution in [3.63, 3.8) is 0 Å². The maximum absolute atomic E-state index is 12.5. The van der Waals surface area contributed by atoms with E-state index in [4.69, 9.17) is 9.15 Å². The van der Waals surface area contributed by atoms with E-state index < -0.39 is 0 Å². The Morgan fingerprint density at radius 1 is 1.35 bits per heavy atom. The van der Waals surface area contributed by atoms with Gasteiger partial charge < -0.3 is 19.0 Å². The van der Waals surface area contributed by atoms with Crippen LogP contribution in [0.5, 0.6) is 5.75 Å². The van der Waals surface area contributed by atoms with Crippen LogP contribution < -0.4 is 9.64 Å². The molecule has 0 bridgehead atoms. The molecule has 0 radical (unpaired) electrons. The fourth-order valence-corrected chi connectivity index (χ4v) is 2.93. The van der Waals surface area contributed by atoms with Gasteiger partial charge in [0.25, 0.3) is 5.91 Å². The van der Waals surface area contributed by atoms with Gasteiger partial charge in [0, 0.05) is 19.2 Å². The molecule has 0 N–H and O–H groups in total. The standard InChI is InChI=1S/C18H22N2O3/c1-4-20-12-14(23-16-8-6-5-7-15(16)20)11-19(3)18(21)17-13(2)9-10-22-17/h5-10,14H,4,11-12H2,1-3H3/t14-/m0/s1. The van der Waals surface area contributed by atoms with Crippen molar-refractivity contribution in [1.82, 2.24) is 4.90 Å². The summed E-state index contributed by atoms with van der Waals surface area (Å²) in [7, 11) is 1.78. The van der Waals surface area contributed by atoms with Crippen LogP contribution in [0.2, 0.25) is 0 Å². The van der Waals surface area contributed by atoms with E-state index in [2.05, 4.69) is 17.9 Å². The largest absolute Gasteiger partial charge is 0.485 e. The predicted octanol–water partition coefficient (Wildman–Crippen LogP) is 2.95. The highest BCUT2D eigenvalue weighted by atomic mass is 16.5. The van der Waals surface area contributed by atoms with Crippen molar-refractivity contribution >= 4 is 11.6 Å². The van der Waals surface area contributed by atoms with Crippen LogP contribution >= 0.6 is 0 Å². The van der Waals surface area contributed by atoms with Gasteiger partial charge in [-0.2, -0.15) is 0 Å². The predicted molar refractivity (Wildman–Crippen MR) is 89.2 cm³/mol. The Morgan fingerprint density at radius 2 is 2.13 bits per heavy atom. The Balaban J connectivity index is 1.71. The number of likely N-dealkylation sites (N-methyl/N-ethyl adjacent to an activating group) is 2. The number of carbonyl (C=O) groups excluding carboxylic acids is 1. The van der Waals surface area contributed by atoms with Gasteiger partial charge in [-0.25, -0.2) is 0 Å². The maximum Gasteiger partial charge on any atom is 0.289 e. The number of hydrogen-bond acceptors (Lipinski definition) is 4. The molecule has 1 aromatic heterocycles. The Hall–Kier alpha value is -2.43. The number of hydrogen-bond donors (Lipinski definition) is 0. The van der Waals surface area contributed by atoms with E-state index in [1.807, 2.05) is 25.1 Å². The fraction of sp³-hybridized carbons (Fsp3) is 0.389. The summed E-state index contributed by atoms with van der Waals surface area (Å²) in [6.45, 7) is 6.19. The van der Waals surface area contributed by atoms with Crippen molar-refractivity contribution in [2.45, 2.75) is 20.0 Å². The first-order valence-corrected chi connectivity index (χ1v) is 7.90. The minimum absolute atomic E-state index is 0.0610. The normalized spacial score (nSPS) is 16.7. The molecule has 1 aliphatic rings. The van der Waals surface area contributed by atoms with Crippen LogP contribution in [0.15, 0.2) is 41.0 Å². The molecule has 1 aliphatic heterocycles. The van der Waals surface area contributed by atoms with E-state index in [1.54, 1.807) is 24.3 Å². The molecule has 0 spiro atoms. The summed E-state index contributed by atoms with van der Waals surface area (Å²) in [6, 6.07) is 9.82. The molecular weight excluding hydrogens is 292 g/mol. The number of fused-ring (bicyclic) bond motifs is 1.